The van der Waals surface area contributed by atoms with Crippen LogP contribution < -0.4 is 20.7 Å². The molecule has 1 aliphatic heterocycles. The summed E-state index contributed by atoms with van der Waals surface area (Å²) in [6.45, 7) is 6.72. The Morgan fingerprint density at radius 1 is 1.20 bits per heavy atom. The van der Waals surface area contributed by atoms with Gasteiger partial charge in [-0.05, 0) is 25.0 Å². The molecular weight excluding hydrogens is 431 g/mol. The van der Waals surface area contributed by atoms with Gasteiger partial charge in [-0.15, -0.1) is 24.0 Å². The average Bonchev–Trinajstić information content (AvgIpc) is 3.00. The summed E-state index contributed by atoms with van der Waals surface area (Å²) in [5.41, 5.74) is 1.24. The minimum atomic E-state index is 0. The molecule has 0 aromatic heterocycles. The third-order valence-electron chi connectivity index (χ3n) is 3.73. The molecule has 0 fully saturated rings. The van der Waals surface area contributed by atoms with Gasteiger partial charge in [-0.2, -0.15) is 0 Å². The van der Waals surface area contributed by atoms with Gasteiger partial charge < -0.3 is 20.7 Å². The fourth-order valence-electron chi connectivity index (χ4n) is 2.54. The number of hydrogen-bond acceptors (Lipinski definition) is 3. The van der Waals surface area contributed by atoms with E-state index in [-0.39, 0.29) is 36.0 Å². The summed E-state index contributed by atoms with van der Waals surface area (Å²) in [6, 6.07) is 8.11. The van der Waals surface area contributed by atoms with E-state index >= 15 is 0 Å². The van der Waals surface area contributed by atoms with E-state index in [1.807, 2.05) is 32.0 Å². The molecule has 7 heteroatoms. The number of fused-ring (bicyclic) bond motifs is 1. The standard InChI is InChI=1S/C18H28N4O2.HI/c1-3-10-20-17(23)9-11-21-18(19-4-2)22-13-15-12-14-7-5-6-8-16(14)24-15;/h5-8,15H,3-4,9-13H2,1-2H3,(H,20,23)(H2,19,21,22);1H. The Morgan fingerprint density at radius 2 is 2.00 bits per heavy atom. The lowest BCUT2D eigenvalue weighted by Crippen LogP contribution is -2.40. The van der Waals surface area contributed by atoms with Gasteiger partial charge in [0.1, 0.15) is 11.9 Å². The number of hydrogen-bond donors (Lipinski definition) is 3. The second-order valence-electron chi connectivity index (χ2n) is 5.80. The Balaban J connectivity index is 0.00000312. The Labute approximate surface area is 167 Å². The maximum Gasteiger partial charge on any atom is 0.221 e. The predicted octanol–water partition coefficient (Wildman–Crippen LogP) is 2.08. The number of halogens is 1. The SMILES string of the molecule is CCCNC(=O)CCNC(=NCC1Cc2ccccc2O1)NCC.I. The fourth-order valence-corrected chi connectivity index (χ4v) is 2.54. The highest BCUT2D eigenvalue weighted by atomic mass is 127. The zero-order valence-electron chi connectivity index (χ0n) is 15.0. The predicted molar refractivity (Wildman–Crippen MR) is 112 cm³/mol. The van der Waals surface area contributed by atoms with Crippen molar-refractivity contribution in [1.29, 1.82) is 0 Å². The molecule has 0 bridgehead atoms. The van der Waals surface area contributed by atoms with E-state index in [0.717, 1.165) is 37.6 Å². The first-order chi connectivity index (χ1) is 11.7. The van der Waals surface area contributed by atoms with E-state index in [0.29, 0.717) is 19.5 Å². The molecule has 0 spiro atoms. The molecule has 1 aromatic rings. The van der Waals surface area contributed by atoms with Gasteiger partial charge in [0.15, 0.2) is 5.96 Å². The van der Waals surface area contributed by atoms with Crippen LogP contribution in [-0.4, -0.2) is 44.1 Å². The summed E-state index contributed by atoms with van der Waals surface area (Å²) in [5, 5.41) is 9.26. The van der Waals surface area contributed by atoms with E-state index in [4.69, 9.17) is 4.74 Å². The molecule has 1 heterocycles. The summed E-state index contributed by atoms with van der Waals surface area (Å²) in [5.74, 6) is 1.75. The van der Waals surface area contributed by atoms with Crippen LogP contribution in [0.4, 0.5) is 0 Å². The third-order valence-corrected chi connectivity index (χ3v) is 3.73. The first-order valence-corrected chi connectivity index (χ1v) is 8.76. The second-order valence-corrected chi connectivity index (χ2v) is 5.80. The summed E-state index contributed by atoms with van der Waals surface area (Å²) in [6.07, 6.45) is 2.35. The lowest BCUT2D eigenvalue weighted by atomic mass is 10.1. The quantitative estimate of drug-likeness (QED) is 0.316. The second kappa shape index (κ2) is 11.9. The normalized spacial score (nSPS) is 15.6. The fraction of sp³-hybridized carbons (Fsp3) is 0.556. The van der Waals surface area contributed by atoms with E-state index in [9.17, 15) is 4.79 Å². The maximum absolute atomic E-state index is 11.6. The van der Waals surface area contributed by atoms with Crippen LogP contribution in [0.25, 0.3) is 0 Å². The van der Waals surface area contributed by atoms with Gasteiger partial charge in [-0.1, -0.05) is 25.1 Å². The highest BCUT2D eigenvalue weighted by Crippen LogP contribution is 2.28. The van der Waals surface area contributed by atoms with Gasteiger partial charge in [0.05, 0.1) is 6.54 Å². The van der Waals surface area contributed by atoms with E-state index in [1.54, 1.807) is 0 Å². The van der Waals surface area contributed by atoms with Crippen LogP contribution in [0, 0.1) is 0 Å². The summed E-state index contributed by atoms with van der Waals surface area (Å²) in [4.78, 5) is 16.2. The molecule has 1 aromatic carbocycles. The van der Waals surface area contributed by atoms with Gasteiger partial charge in [-0.25, -0.2) is 4.99 Å². The van der Waals surface area contributed by atoms with E-state index in [1.165, 1.54) is 5.56 Å². The molecule has 1 aliphatic rings. The molecule has 6 nitrogen and oxygen atoms in total. The summed E-state index contributed by atoms with van der Waals surface area (Å²) < 4.78 is 5.90. The molecule has 3 N–H and O–H groups in total. The number of guanidine groups is 1. The van der Waals surface area contributed by atoms with Crippen molar-refractivity contribution in [2.24, 2.45) is 4.99 Å². The van der Waals surface area contributed by atoms with Crippen LogP contribution in [0.15, 0.2) is 29.3 Å². The maximum atomic E-state index is 11.6. The monoisotopic (exact) mass is 460 g/mol. The van der Waals surface area contributed by atoms with Crippen molar-refractivity contribution in [2.75, 3.05) is 26.2 Å². The van der Waals surface area contributed by atoms with Gasteiger partial charge in [0.2, 0.25) is 5.91 Å². The van der Waals surface area contributed by atoms with E-state index in [2.05, 4.69) is 27.0 Å². The van der Waals surface area contributed by atoms with Gasteiger partial charge in [0.25, 0.3) is 0 Å². The van der Waals surface area contributed by atoms with Crippen LogP contribution in [0.5, 0.6) is 5.75 Å². The average molecular weight is 460 g/mol. The molecule has 0 aliphatic carbocycles. The van der Waals surface area contributed by atoms with Crippen LogP contribution >= 0.6 is 24.0 Å². The molecule has 1 amide bonds. The smallest absolute Gasteiger partial charge is 0.221 e. The van der Waals surface area contributed by atoms with Crippen molar-refractivity contribution < 1.29 is 9.53 Å². The largest absolute Gasteiger partial charge is 0.488 e. The highest BCUT2D eigenvalue weighted by molar-refractivity contribution is 14.0. The van der Waals surface area contributed by atoms with Crippen molar-refractivity contribution in [3.8, 4) is 5.75 Å². The van der Waals surface area contributed by atoms with Crippen molar-refractivity contribution in [3.63, 3.8) is 0 Å². The number of benzene rings is 1. The van der Waals surface area contributed by atoms with Crippen molar-refractivity contribution in [2.45, 2.75) is 39.2 Å². The number of carbonyl (C=O) groups excluding carboxylic acids is 1. The first kappa shape index (κ1) is 21.5. The lowest BCUT2D eigenvalue weighted by molar-refractivity contribution is -0.120. The Bertz CT molecular complexity index is 541. The van der Waals surface area contributed by atoms with Gasteiger partial charge in [-0.3, -0.25) is 4.79 Å². The number of rotatable bonds is 8. The van der Waals surface area contributed by atoms with Gasteiger partial charge >= 0.3 is 0 Å². The molecule has 0 saturated heterocycles. The number of aliphatic imine (C=N–C) groups is 1. The van der Waals surface area contributed by atoms with Crippen molar-refractivity contribution >= 4 is 35.8 Å². The highest BCUT2D eigenvalue weighted by Gasteiger charge is 2.21. The Kier molecular flexibility index (Phi) is 10.3. The molecule has 140 valence electrons. The van der Waals surface area contributed by atoms with Crippen molar-refractivity contribution in [1.82, 2.24) is 16.0 Å². The molecule has 1 unspecified atom stereocenters. The number of ether oxygens (including phenoxy) is 1. The third kappa shape index (κ3) is 7.50. The van der Waals surface area contributed by atoms with Crippen LogP contribution in [0.2, 0.25) is 0 Å². The molecular formula is C18H29IN4O2. The first-order valence-electron chi connectivity index (χ1n) is 8.76. The topological polar surface area (TPSA) is 74.8 Å². The number of nitrogens with one attached hydrogen (secondary N) is 3. The van der Waals surface area contributed by atoms with Crippen LogP contribution in [-0.2, 0) is 11.2 Å². The zero-order valence-corrected chi connectivity index (χ0v) is 17.3. The zero-order chi connectivity index (χ0) is 17.2. The molecule has 25 heavy (non-hydrogen) atoms. The van der Waals surface area contributed by atoms with Crippen LogP contribution in [0.3, 0.4) is 0 Å². The van der Waals surface area contributed by atoms with Gasteiger partial charge in [0, 0.05) is 32.5 Å². The number of para-hydroxylation sites is 1. The Hall–Kier alpha value is -1.51. The molecule has 1 atom stereocenters. The Morgan fingerprint density at radius 3 is 2.72 bits per heavy atom. The molecule has 0 radical (unpaired) electrons. The number of nitrogens with zero attached hydrogens (tertiary/aromatic N) is 1. The summed E-state index contributed by atoms with van der Waals surface area (Å²) in [7, 11) is 0. The minimum absolute atomic E-state index is 0. The number of amides is 1. The van der Waals surface area contributed by atoms with Crippen LogP contribution in [0.1, 0.15) is 32.3 Å². The molecule has 2 rings (SSSR count). The summed E-state index contributed by atoms with van der Waals surface area (Å²) >= 11 is 0. The van der Waals surface area contributed by atoms with Crippen molar-refractivity contribution in [3.05, 3.63) is 29.8 Å². The number of carbonyl (C=O) groups is 1. The lowest BCUT2D eigenvalue weighted by Gasteiger charge is -2.13. The minimum Gasteiger partial charge on any atom is -0.488 e. The van der Waals surface area contributed by atoms with E-state index < -0.39 is 0 Å². The molecule has 0 saturated carbocycles.